The molecule has 0 aliphatic carbocycles. The van der Waals surface area contributed by atoms with Gasteiger partial charge in [0.25, 0.3) is 5.91 Å². The van der Waals surface area contributed by atoms with E-state index in [1.807, 2.05) is 59.5 Å². The van der Waals surface area contributed by atoms with Crippen LogP contribution in [0.15, 0.2) is 59.8 Å². The van der Waals surface area contributed by atoms with Gasteiger partial charge in [0.1, 0.15) is 0 Å². The zero-order valence-corrected chi connectivity index (χ0v) is 17.0. The van der Waals surface area contributed by atoms with Gasteiger partial charge in [0, 0.05) is 31.0 Å². The first-order valence-corrected chi connectivity index (χ1v) is 10.5. The van der Waals surface area contributed by atoms with E-state index in [9.17, 15) is 9.90 Å². The molecule has 2 aromatic carbocycles. The lowest BCUT2D eigenvalue weighted by atomic mass is 9.87. The largest absolute Gasteiger partial charge is 0.388 e. The Morgan fingerprint density at radius 1 is 1.17 bits per heavy atom. The Hall–Kier alpha value is -2.37. The monoisotopic (exact) mass is 412 g/mol. The number of carbonyl (C=O) groups excluding carboxylic acids is 1. The van der Waals surface area contributed by atoms with Gasteiger partial charge in [0.2, 0.25) is 6.10 Å². The molecule has 6 heteroatoms. The summed E-state index contributed by atoms with van der Waals surface area (Å²) >= 11 is 6.03. The van der Waals surface area contributed by atoms with Crippen molar-refractivity contribution >= 4 is 23.2 Å². The molecule has 0 radical (unpaired) electrons. The highest BCUT2D eigenvalue weighted by Crippen LogP contribution is 2.31. The number of hydrogen-bond acceptors (Lipinski definition) is 4. The third kappa shape index (κ3) is 4.80. The summed E-state index contributed by atoms with van der Waals surface area (Å²) in [4.78, 5) is 20.1. The molecule has 1 amide bonds. The summed E-state index contributed by atoms with van der Waals surface area (Å²) in [5.41, 5.74) is 2.86. The van der Waals surface area contributed by atoms with Crippen LogP contribution < -0.4 is 0 Å². The molecule has 152 valence electrons. The zero-order chi connectivity index (χ0) is 20.2. The van der Waals surface area contributed by atoms with Crippen molar-refractivity contribution in [3.05, 3.63) is 70.7 Å². The third-order valence-electron chi connectivity index (χ3n) is 5.74. The van der Waals surface area contributed by atoms with Crippen LogP contribution in [0, 0.1) is 5.92 Å². The predicted molar refractivity (Wildman–Crippen MR) is 113 cm³/mol. The number of rotatable bonds is 5. The van der Waals surface area contributed by atoms with Crippen LogP contribution in [0.5, 0.6) is 0 Å². The summed E-state index contributed by atoms with van der Waals surface area (Å²) < 4.78 is 0. The lowest BCUT2D eigenvalue weighted by Crippen LogP contribution is -2.44. The lowest BCUT2D eigenvalue weighted by molar-refractivity contribution is -0.144. The van der Waals surface area contributed by atoms with Crippen molar-refractivity contribution in [1.29, 1.82) is 0 Å². The van der Waals surface area contributed by atoms with E-state index in [1.165, 1.54) is 0 Å². The molecule has 0 bridgehead atoms. The number of amides is 1. The van der Waals surface area contributed by atoms with Crippen LogP contribution in [0.4, 0.5) is 0 Å². The van der Waals surface area contributed by atoms with Gasteiger partial charge >= 0.3 is 0 Å². The fraction of sp³-hybridized carbons (Fsp3) is 0.391. The number of hydrogen-bond donors (Lipinski definition) is 1. The van der Waals surface area contributed by atoms with Gasteiger partial charge in [0.15, 0.2) is 0 Å². The van der Waals surface area contributed by atoms with E-state index in [0.717, 1.165) is 29.7 Å². The first-order valence-electron chi connectivity index (χ1n) is 10.1. The quantitative estimate of drug-likeness (QED) is 0.807. The van der Waals surface area contributed by atoms with Crippen LogP contribution in [0.25, 0.3) is 0 Å². The molecule has 0 unspecified atom stereocenters. The molecule has 2 aliphatic rings. The first kappa shape index (κ1) is 19.9. The van der Waals surface area contributed by atoms with E-state index in [4.69, 9.17) is 16.4 Å². The van der Waals surface area contributed by atoms with Gasteiger partial charge in [0.05, 0.1) is 11.8 Å². The number of nitrogens with zero attached hydrogens (tertiary/aromatic N) is 2. The van der Waals surface area contributed by atoms with E-state index >= 15 is 0 Å². The highest BCUT2D eigenvalue weighted by atomic mass is 35.5. The molecule has 1 N–H and O–H groups in total. The summed E-state index contributed by atoms with van der Waals surface area (Å²) in [5.74, 6) is 0.156. The molecule has 5 nitrogen and oxygen atoms in total. The number of piperidine rings is 1. The fourth-order valence-corrected chi connectivity index (χ4v) is 4.32. The molecule has 2 aromatic rings. The number of carbonyl (C=O) groups is 1. The van der Waals surface area contributed by atoms with Crippen LogP contribution in [0.2, 0.25) is 5.02 Å². The summed E-state index contributed by atoms with van der Waals surface area (Å²) in [7, 11) is 0. The Labute approximate surface area is 175 Å². The van der Waals surface area contributed by atoms with Crippen LogP contribution in [-0.4, -0.2) is 40.8 Å². The van der Waals surface area contributed by atoms with Gasteiger partial charge in [-0.3, -0.25) is 4.79 Å². The summed E-state index contributed by atoms with van der Waals surface area (Å²) in [6.07, 6.45) is 1.69. The van der Waals surface area contributed by atoms with Crippen molar-refractivity contribution in [2.75, 3.05) is 13.1 Å². The number of aliphatic hydroxyl groups is 1. The highest BCUT2D eigenvalue weighted by molar-refractivity contribution is 6.30. The second-order valence-electron chi connectivity index (χ2n) is 7.78. The Kier molecular flexibility index (Phi) is 6.16. The molecule has 2 atom stereocenters. The molecule has 1 fully saturated rings. The lowest BCUT2D eigenvalue weighted by Gasteiger charge is -2.35. The minimum atomic E-state index is -0.542. The van der Waals surface area contributed by atoms with Crippen LogP contribution in [-0.2, 0) is 16.1 Å². The Morgan fingerprint density at radius 3 is 2.66 bits per heavy atom. The number of oxime groups is 1. The van der Waals surface area contributed by atoms with Crippen molar-refractivity contribution < 1.29 is 14.7 Å². The van der Waals surface area contributed by atoms with E-state index in [2.05, 4.69) is 5.16 Å². The molecule has 2 heterocycles. The maximum absolute atomic E-state index is 12.8. The van der Waals surface area contributed by atoms with Gasteiger partial charge in [-0.1, -0.05) is 59.2 Å². The molecule has 1 saturated heterocycles. The summed E-state index contributed by atoms with van der Waals surface area (Å²) in [6, 6.07) is 17.4. The number of benzene rings is 2. The SMILES string of the molecule is O=C([C@H]1CC(Cc2cccc(Cl)c2)=NO1)N1CCC([C@@H](O)c2ccccc2)CC1. The fourth-order valence-electron chi connectivity index (χ4n) is 4.11. The molecule has 4 rings (SSSR count). The highest BCUT2D eigenvalue weighted by Gasteiger charge is 2.35. The molecule has 2 aliphatic heterocycles. The van der Waals surface area contributed by atoms with Crippen molar-refractivity contribution in [1.82, 2.24) is 4.90 Å². The normalized spacial score (nSPS) is 20.8. The summed E-state index contributed by atoms with van der Waals surface area (Å²) in [5, 5.41) is 15.4. The maximum atomic E-state index is 12.8. The van der Waals surface area contributed by atoms with Gasteiger partial charge in [-0.25, -0.2) is 0 Å². The predicted octanol–water partition coefficient (Wildman–Crippen LogP) is 4.00. The van der Waals surface area contributed by atoms with Gasteiger partial charge in [-0.15, -0.1) is 0 Å². The van der Waals surface area contributed by atoms with E-state index < -0.39 is 12.2 Å². The molecule has 29 heavy (non-hydrogen) atoms. The Balaban J connectivity index is 1.27. The third-order valence-corrected chi connectivity index (χ3v) is 5.98. The van der Waals surface area contributed by atoms with Gasteiger partial charge < -0.3 is 14.8 Å². The van der Waals surface area contributed by atoms with E-state index in [0.29, 0.717) is 31.0 Å². The average Bonchev–Trinajstić information content (AvgIpc) is 3.22. The molecule has 0 spiro atoms. The number of halogens is 1. The van der Waals surface area contributed by atoms with Gasteiger partial charge in [-0.2, -0.15) is 0 Å². The second kappa shape index (κ2) is 8.97. The molecule has 0 saturated carbocycles. The maximum Gasteiger partial charge on any atom is 0.266 e. The van der Waals surface area contributed by atoms with Crippen molar-refractivity contribution in [3.63, 3.8) is 0 Å². The number of aliphatic hydroxyl groups excluding tert-OH is 1. The van der Waals surface area contributed by atoms with Crippen molar-refractivity contribution in [3.8, 4) is 0 Å². The van der Waals surface area contributed by atoms with Crippen LogP contribution in [0.3, 0.4) is 0 Å². The smallest absolute Gasteiger partial charge is 0.266 e. The van der Waals surface area contributed by atoms with Crippen LogP contribution in [0.1, 0.15) is 36.5 Å². The molecule has 0 aromatic heterocycles. The summed E-state index contributed by atoms with van der Waals surface area (Å²) in [6.45, 7) is 1.27. The van der Waals surface area contributed by atoms with Crippen molar-refractivity contribution in [2.45, 2.75) is 37.9 Å². The molecular formula is C23H25ClN2O3. The second-order valence-corrected chi connectivity index (χ2v) is 8.22. The Morgan fingerprint density at radius 2 is 1.93 bits per heavy atom. The zero-order valence-electron chi connectivity index (χ0n) is 16.2. The minimum absolute atomic E-state index is 0.0116. The van der Waals surface area contributed by atoms with E-state index in [1.54, 1.807) is 0 Å². The minimum Gasteiger partial charge on any atom is -0.388 e. The topological polar surface area (TPSA) is 62.1 Å². The van der Waals surface area contributed by atoms with Gasteiger partial charge in [-0.05, 0) is 42.0 Å². The number of likely N-dealkylation sites (tertiary alicyclic amines) is 1. The van der Waals surface area contributed by atoms with E-state index in [-0.39, 0.29) is 11.8 Å². The molecular weight excluding hydrogens is 388 g/mol. The standard InChI is InChI=1S/C23H25ClN2O3/c24-19-8-4-5-16(13-19)14-20-15-21(29-25-20)23(28)26-11-9-18(10-12-26)22(27)17-6-2-1-3-7-17/h1-8,13,18,21-22,27H,9-12,14-15H2/t21-,22+/m1/s1. The average molecular weight is 413 g/mol. The van der Waals surface area contributed by atoms with Crippen molar-refractivity contribution in [2.24, 2.45) is 11.1 Å². The first-order chi connectivity index (χ1) is 14.1. The Bertz CT molecular complexity index is 879. The van der Waals surface area contributed by atoms with Crippen LogP contribution >= 0.6 is 11.6 Å².